The molecule has 6 heteroatoms. The Balaban J connectivity index is 2.19. The van der Waals surface area contributed by atoms with Gasteiger partial charge in [-0.3, -0.25) is 15.6 Å². The lowest BCUT2D eigenvalue weighted by Gasteiger charge is -2.14. The number of hydrogen-bond donors (Lipinski definition) is 2. The minimum Gasteiger partial charge on any atom is -0.493 e. The molecule has 0 aliphatic carbocycles. The number of benzene rings is 2. The van der Waals surface area contributed by atoms with Crippen molar-refractivity contribution in [2.45, 2.75) is 0 Å². The van der Waals surface area contributed by atoms with Crippen molar-refractivity contribution in [1.82, 2.24) is 5.43 Å². The van der Waals surface area contributed by atoms with Crippen LogP contribution in [0.3, 0.4) is 0 Å². The molecule has 1 amide bonds. The molecule has 116 valence electrons. The molecule has 0 fully saturated rings. The second-order valence-electron chi connectivity index (χ2n) is 4.36. The monoisotopic (exact) mass is 302 g/mol. The number of methoxy groups -OCH3 is 3. The third kappa shape index (κ3) is 3.41. The number of rotatable bonds is 6. The lowest BCUT2D eigenvalue weighted by atomic mass is 10.1. The molecule has 6 nitrogen and oxygen atoms in total. The Morgan fingerprint density at radius 1 is 0.909 bits per heavy atom. The SMILES string of the molecule is COc1cc(C(=O)NNc2ccccc2)cc(OC)c1OC. The summed E-state index contributed by atoms with van der Waals surface area (Å²) in [5.74, 6) is 0.971. The lowest BCUT2D eigenvalue weighted by molar-refractivity contribution is 0.0962. The number of para-hydroxylation sites is 1. The molecule has 0 saturated heterocycles. The Kier molecular flexibility index (Phi) is 5.08. The molecular formula is C16H18N2O4. The highest BCUT2D eigenvalue weighted by atomic mass is 16.5. The van der Waals surface area contributed by atoms with E-state index in [0.29, 0.717) is 22.8 Å². The van der Waals surface area contributed by atoms with Crippen LogP contribution in [-0.2, 0) is 0 Å². The van der Waals surface area contributed by atoms with Crippen molar-refractivity contribution in [1.29, 1.82) is 0 Å². The van der Waals surface area contributed by atoms with Crippen molar-refractivity contribution in [2.24, 2.45) is 0 Å². The smallest absolute Gasteiger partial charge is 0.269 e. The van der Waals surface area contributed by atoms with Gasteiger partial charge in [0.15, 0.2) is 11.5 Å². The molecule has 0 aliphatic rings. The molecule has 0 saturated carbocycles. The molecule has 0 bridgehead atoms. The second kappa shape index (κ2) is 7.21. The standard InChI is InChI=1S/C16H18N2O4/c1-20-13-9-11(10-14(21-2)15(13)22-3)16(19)18-17-12-7-5-4-6-8-12/h4-10,17H,1-3H3,(H,18,19). The Morgan fingerprint density at radius 2 is 1.50 bits per heavy atom. The van der Waals surface area contributed by atoms with Gasteiger partial charge in [0.2, 0.25) is 5.75 Å². The van der Waals surface area contributed by atoms with E-state index in [2.05, 4.69) is 10.9 Å². The molecule has 0 atom stereocenters. The van der Waals surface area contributed by atoms with Crippen LogP contribution in [0.2, 0.25) is 0 Å². The minimum absolute atomic E-state index is 0.317. The number of ether oxygens (including phenoxy) is 3. The van der Waals surface area contributed by atoms with Crippen LogP contribution in [-0.4, -0.2) is 27.2 Å². The maximum atomic E-state index is 12.2. The van der Waals surface area contributed by atoms with Crippen LogP contribution in [0, 0.1) is 0 Å². The molecule has 0 aromatic heterocycles. The zero-order valence-corrected chi connectivity index (χ0v) is 12.7. The molecule has 0 aliphatic heterocycles. The van der Waals surface area contributed by atoms with Crippen LogP contribution in [0.4, 0.5) is 5.69 Å². The van der Waals surface area contributed by atoms with Gasteiger partial charge < -0.3 is 14.2 Å². The Hall–Kier alpha value is -2.89. The van der Waals surface area contributed by atoms with Gasteiger partial charge in [0.1, 0.15) is 0 Å². The van der Waals surface area contributed by atoms with Crippen molar-refractivity contribution in [2.75, 3.05) is 26.8 Å². The first-order valence-electron chi connectivity index (χ1n) is 6.61. The van der Waals surface area contributed by atoms with Gasteiger partial charge in [-0.15, -0.1) is 0 Å². The lowest BCUT2D eigenvalue weighted by Crippen LogP contribution is -2.29. The summed E-state index contributed by atoms with van der Waals surface area (Å²) >= 11 is 0. The molecule has 0 heterocycles. The third-order valence-corrected chi connectivity index (χ3v) is 3.02. The van der Waals surface area contributed by atoms with E-state index in [9.17, 15) is 4.79 Å². The zero-order chi connectivity index (χ0) is 15.9. The van der Waals surface area contributed by atoms with Crippen molar-refractivity contribution < 1.29 is 19.0 Å². The van der Waals surface area contributed by atoms with Crippen LogP contribution < -0.4 is 25.1 Å². The highest BCUT2D eigenvalue weighted by Gasteiger charge is 2.16. The van der Waals surface area contributed by atoms with Crippen molar-refractivity contribution in [3.05, 3.63) is 48.0 Å². The van der Waals surface area contributed by atoms with E-state index in [1.165, 1.54) is 21.3 Å². The fourth-order valence-corrected chi connectivity index (χ4v) is 1.93. The van der Waals surface area contributed by atoms with Gasteiger partial charge in [-0.2, -0.15) is 0 Å². The number of anilines is 1. The van der Waals surface area contributed by atoms with Crippen LogP contribution in [0.15, 0.2) is 42.5 Å². The number of amides is 1. The summed E-state index contributed by atoms with van der Waals surface area (Å²) in [6.07, 6.45) is 0. The summed E-state index contributed by atoms with van der Waals surface area (Å²) in [4.78, 5) is 12.2. The van der Waals surface area contributed by atoms with E-state index >= 15 is 0 Å². The van der Waals surface area contributed by atoms with Gasteiger partial charge in [-0.05, 0) is 24.3 Å². The molecule has 2 N–H and O–H groups in total. The molecule has 0 spiro atoms. The van der Waals surface area contributed by atoms with Crippen molar-refractivity contribution in [3.63, 3.8) is 0 Å². The number of hydrazine groups is 1. The summed E-state index contributed by atoms with van der Waals surface area (Å²) in [6, 6.07) is 12.5. The summed E-state index contributed by atoms with van der Waals surface area (Å²) in [7, 11) is 4.51. The molecule has 22 heavy (non-hydrogen) atoms. The zero-order valence-electron chi connectivity index (χ0n) is 12.7. The molecule has 2 aromatic rings. The fraction of sp³-hybridized carbons (Fsp3) is 0.188. The number of carbonyl (C=O) groups excluding carboxylic acids is 1. The Bertz CT molecular complexity index is 619. The minimum atomic E-state index is -0.317. The molecular weight excluding hydrogens is 284 g/mol. The van der Waals surface area contributed by atoms with Crippen LogP contribution in [0.25, 0.3) is 0 Å². The second-order valence-corrected chi connectivity index (χ2v) is 4.36. The summed E-state index contributed by atoms with van der Waals surface area (Å²) < 4.78 is 15.7. The van der Waals surface area contributed by atoms with Crippen molar-refractivity contribution in [3.8, 4) is 17.2 Å². The maximum absolute atomic E-state index is 12.2. The number of nitrogens with one attached hydrogen (secondary N) is 2. The van der Waals surface area contributed by atoms with E-state index < -0.39 is 0 Å². The van der Waals surface area contributed by atoms with E-state index in [0.717, 1.165) is 5.69 Å². The van der Waals surface area contributed by atoms with E-state index in [-0.39, 0.29) is 5.91 Å². The predicted octanol–water partition coefficient (Wildman–Crippen LogP) is 2.47. The molecule has 2 aromatic carbocycles. The van der Waals surface area contributed by atoms with Gasteiger partial charge in [0.25, 0.3) is 5.91 Å². The summed E-state index contributed by atoms with van der Waals surface area (Å²) in [5.41, 5.74) is 6.62. The van der Waals surface area contributed by atoms with E-state index in [4.69, 9.17) is 14.2 Å². The van der Waals surface area contributed by atoms with E-state index in [1.54, 1.807) is 12.1 Å². The number of carbonyl (C=O) groups is 1. The Morgan fingerprint density at radius 3 is 2.00 bits per heavy atom. The predicted molar refractivity (Wildman–Crippen MR) is 83.6 cm³/mol. The van der Waals surface area contributed by atoms with Crippen LogP contribution >= 0.6 is 0 Å². The first-order valence-corrected chi connectivity index (χ1v) is 6.61. The molecule has 2 rings (SSSR count). The van der Waals surface area contributed by atoms with Gasteiger partial charge >= 0.3 is 0 Å². The first-order chi connectivity index (χ1) is 10.7. The Labute approximate surface area is 129 Å². The number of hydrogen-bond acceptors (Lipinski definition) is 5. The molecule has 0 radical (unpaired) electrons. The molecule has 0 unspecified atom stereocenters. The normalized spacial score (nSPS) is 9.77. The fourth-order valence-electron chi connectivity index (χ4n) is 1.93. The third-order valence-electron chi connectivity index (χ3n) is 3.02. The van der Waals surface area contributed by atoms with Gasteiger partial charge in [-0.1, -0.05) is 18.2 Å². The highest BCUT2D eigenvalue weighted by Crippen LogP contribution is 2.38. The van der Waals surface area contributed by atoms with Gasteiger partial charge in [-0.25, -0.2) is 0 Å². The average molecular weight is 302 g/mol. The topological polar surface area (TPSA) is 68.8 Å². The maximum Gasteiger partial charge on any atom is 0.269 e. The first kappa shape index (κ1) is 15.5. The van der Waals surface area contributed by atoms with Crippen LogP contribution in [0.1, 0.15) is 10.4 Å². The van der Waals surface area contributed by atoms with Gasteiger partial charge in [0.05, 0.1) is 27.0 Å². The van der Waals surface area contributed by atoms with Crippen LogP contribution in [0.5, 0.6) is 17.2 Å². The summed E-state index contributed by atoms with van der Waals surface area (Å²) in [5, 5.41) is 0. The average Bonchev–Trinajstić information content (AvgIpc) is 2.59. The summed E-state index contributed by atoms with van der Waals surface area (Å²) in [6.45, 7) is 0. The van der Waals surface area contributed by atoms with Gasteiger partial charge in [0, 0.05) is 5.56 Å². The highest BCUT2D eigenvalue weighted by molar-refractivity contribution is 5.96. The van der Waals surface area contributed by atoms with Crippen molar-refractivity contribution >= 4 is 11.6 Å². The van der Waals surface area contributed by atoms with E-state index in [1.807, 2.05) is 30.3 Å². The largest absolute Gasteiger partial charge is 0.493 e. The quantitative estimate of drug-likeness (QED) is 0.802.